The number of aryl methyl sites for hydroxylation is 1. The number of rotatable bonds is 2. The lowest BCUT2D eigenvalue weighted by Gasteiger charge is -2.33. The third-order valence-electron chi connectivity index (χ3n) is 2.76. The van der Waals surface area contributed by atoms with Gasteiger partial charge in [-0.2, -0.15) is 0 Å². The molecule has 0 aliphatic carbocycles. The van der Waals surface area contributed by atoms with E-state index in [1.165, 1.54) is 4.90 Å². The SMILES string of the molecule is Cc1ccc(N2C(=O)OCCC2CO)cc1. The zero-order valence-corrected chi connectivity index (χ0v) is 9.22. The molecule has 1 aliphatic rings. The molecule has 1 aromatic carbocycles. The summed E-state index contributed by atoms with van der Waals surface area (Å²) in [6.07, 6.45) is 0.282. The number of hydrogen-bond acceptors (Lipinski definition) is 3. The minimum Gasteiger partial charge on any atom is -0.449 e. The van der Waals surface area contributed by atoms with Crippen LogP contribution in [0.25, 0.3) is 0 Å². The van der Waals surface area contributed by atoms with Crippen molar-refractivity contribution in [3.8, 4) is 0 Å². The highest BCUT2D eigenvalue weighted by Crippen LogP contribution is 2.23. The van der Waals surface area contributed by atoms with Gasteiger partial charge < -0.3 is 9.84 Å². The largest absolute Gasteiger partial charge is 0.449 e. The molecule has 0 bridgehead atoms. The summed E-state index contributed by atoms with van der Waals surface area (Å²) < 4.78 is 4.98. The first-order chi connectivity index (χ1) is 7.72. The van der Waals surface area contributed by atoms with Gasteiger partial charge in [0.1, 0.15) is 0 Å². The summed E-state index contributed by atoms with van der Waals surface area (Å²) in [6, 6.07) is 7.43. The highest BCUT2D eigenvalue weighted by molar-refractivity contribution is 5.89. The van der Waals surface area contributed by atoms with Gasteiger partial charge >= 0.3 is 6.09 Å². The normalized spacial score (nSPS) is 20.8. The minimum atomic E-state index is -0.380. The van der Waals surface area contributed by atoms with E-state index in [9.17, 15) is 9.90 Å². The summed E-state index contributed by atoms with van der Waals surface area (Å²) in [7, 11) is 0. The van der Waals surface area contributed by atoms with Gasteiger partial charge in [0.2, 0.25) is 0 Å². The molecule has 1 aliphatic heterocycles. The number of carbonyl (C=O) groups excluding carboxylic acids is 1. The van der Waals surface area contributed by atoms with Gasteiger partial charge in [-0.15, -0.1) is 0 Å². The Morgan fingerprint density at radius 2 is 2.12 bits per heavy atom. The molecule has 0 saturated carbocycles. The van der Waals surface area contributed by atoms with E-state index in [0.29, 0.717) is 13.0 Å². The van der Waals surface area contributed by atoms with Gasteiger partial charge in [0.05, 0.1) is 19.3 Å². The van der Waals surface area contributed by atoms with E-state index in [2.05, 4.69) is 0 Å². The maximum absolute atomic E-state index is 11.6. The molecule has 1 N–H and O–H groups in total. The molecule has 4 nitrogen and oxygen atoms in total. The van der Waals surface area contributed by atoms with Crippen LogP contribution in [0.2, 0.25) is 0 Å². The molecule has 1 aromatic rings. The Labute approximate surface area is 94.4 Å². The van der Waals surface area contributed by atoms with E-state index in [1.54, 1.807) is 0 Å². The van der Waals surface area contributed by atoms with Crippen LogP contribution in [0, 0.1) is 6.92 Å². The molecule has 0 spiro atoms. The Balaban J connectivity index is 2.28. The monoisotopic (exact) mass is 221 g/mol. The molecule has 1 amide bonds. The second-order valence-electron chi connectivity index (χ2n) is 3.94. The number of aliphatic hydroxyl groups excluding tert-OH is 1. The van der Waals surface area contributed by atoms with Crippen LogP contribution >= 0.6 is 0 Å². The van der Waals surface area contributed by atoms with Crippen molar-refractivity contribution < 1.29 is 14.6 Å². The number of hydrogen-bond donors (Lipinski definition) is 1. The average molecular weight is 221 g/mol. The quantitative estimate of drug-likeness (QED) is 0.827. The number of cyclic esters (lactones) is 1. The maximum atomic E-state index is 11.6. The molecule has 1 unspecified atom stereocenters. The van der Waals surface area contributed by atoms with Gasteiger partial charge in [0.15, 0.2) is 0 Å². The van der Waals surface area contributed by atoms with Crippen molar-refractivity contribution in [2.45, 2.75) is 19.4 Å². The summed E-state index contributed by atoms with van der Waals surface area (Å²) in [6.45, 7) is 2.33. The smallest absolute Gasteiger partial charge is 0.414 e. The number of benzene rings is 1. The van der Waals surface area contributed by atoms with Crippen molar-refractivity contribution in [3.05, 3.63) is 29.8 Å². The number of ether oxygens (including phenoxy) is 1. The summed E-state index contributed by atoms with van der Waals surface area (Å²) >= 11 is 0. The Morgan fingerprint density at radius 3 is 2.75 bits per heavy atom. The molecule has 0 aromatic heterocycles. The van der Waals surface area contributed by atoms with Crippen LogP contribution in [-0.2, 0) is 4.74 Å². The molecule has 1 atom stereocenters. The number of nitrogens with zero attached hydrogens (tertiary/aromatic N) is 1. The highest BCUT2D eigenvalue weighted by atomic mass is 16.6. The minimum absolute atomic E-state index is 0.0387. The van der Waals surface area contributed by atoms with Crippen molar-refractivity contribution in [2.24, 2.45) is 0 Å². The summed E-state index contributed by atoms with van der Waals surface area (Å²) in [5.74, 6) is 0. The van der Waals surface area contributed by atoms with Crippen molar-refractivity contribution in [1.29, 1.82) is 0 Å². The van der Waals surface area contributed by atoms with Crippen LogP contribution in [0.15, 0.2) is 24.3 Å². The lowest BCUT2D eigenvalue weighted by atomic mass is 10.1. The first-order valence-corrected chi connectivity index (χ1v) is 5.36. The number of anilines is 1. The lowest BCUT2D eigenvalue weighted by Crippen LogP contribution is -2.47. The van der Waals surface area contributed by atoms with E-state index in [-0.39, 0.29) is 18.7 Å². The molecular formula is C12H15NO3. The standard InChI is InChI=1S/C12H15NO3/c1-9-2-4-10(5-3-9)13-11(8-14)6-7-16-12(13)15/h2-5,11,14H,6-8H2,1H3. The third kappa shape index (κ3) is 2.02. The van der Waals surface area contributed by atoms with Gasteiger partial charge in [0.25, 0.3) is 0 Å². The van der Waals surface area contributed by atoms with Gasteiger partial charge in [0, 0.05) is 12.1 Å². The van der Waals surface area contributed by atoms with Crippen molar-refractivity contribution in [3.63, 3.8) is 0 Å². The van der Waals surface area contributed by atoms with Crippen LogP contribution in [0.3, 0.4) is 0 Å². The topological polar surface area (TPSA) is 49.8 Å². The van der Waals surface area contributed by atoms with Crippen LogP contribution in [0.4, 0.5) is 10.5 Å². The molecular weight excluding hydrogens is 206 g/mol. The molecule has 16 heavy (non-hydrogen) atoms. The van der Waals surface area contributed by atoms with Crippen LogP contribution in [0.5, 0.6) is 0 Å². The second kappa shape index (κ2) is 4.53. The Morgan fingerprint density at radius 1 is 1.44 bits per heavy atom. The van der Waals surface area contributed by atoms with Crippen molar-refractivity contribution in [1.82, 2.24) is 0 Å². The molecule has 1 fully saturated rings. The Kier molecular flexibility index (Phi) is 3.10. The fraction of sp³-hybridized carbons (Fsp3) is 0.417. The van der Waals surface area contributed by atoms with Gasteiger partial charge in [-0.1, -0.05) is 17.7 Å². The maximum Gasteiger partial charge on any atom is 0.414 e. The Bertz CT molecular complexity index is 374. The summed E-state index contributed by atoms with van der Waals surface area (Å²) in [5, 5.41) is 9.25. The van der Waals surface area contributed by atoms with Crippen LogP contribution in [0.1, 0.15) is 12.0 Å². The third-order valence-corrected chi connectivity index (χ3v) is 2.76. The van der Waals surface area contributed by atoms with E-state index >= 15 is 0 Å². The number of aliphatic hydroxyl groups is 1. The van der Waals surface area contributed by atoms with Gasteiger partial charge in [-0.05, 0) is 19.1 Å². The summed E-state index contributed by atoms with van der Waals surface area (Å²) in [4.78, 5) is 13.2. The van der Waals surface area contributed by atoms with E-state index in [4.69, 9.17) is 4.74 Å². The number of amides is 1. The van der Waals surface area contributed by atoms with E-state index in [0.717, 1.165) is 11.3 Å². The fourth-order valence-electron chi connectivity index (χ4n) is 1.82. The van der Waals surface area contributed by atoms with E-state index in [1.807, 2.05) is 31.2 Å². The van der Waals surface area contributed by atoms with Crippen molar-refractivity contribution in [2.75, 3.05) is 18.1 Å². The Hall–Kier alpha value is -1.55. The van der Waals surface area contributed by atoms with Crippen molar-refractivity contribution >= 4 is 11.8 Å². The molecule has 0 radical (unpaired) electrons. The fourth-order valence-corrected chi connectivity index (χ4v) is 1.82. The first kappa shape index (κ1) is 11.0. The van der Waals surface area contributed by atoms with Gasteiger partial charge in [-0.25, -0.2) is 4.79 Å². The summed E-state index contributed by atoms with van der Waals surface area (Å²) in [5.41, 5.74) is 1.91. The van der Waals surface area contributed by atoms with E-state index < -0.39 is 0 Å². The van der Waals surface area contributed by atoms with Gasteiger partial charge in [-0.3, -0.25) is 4.90 Å². The predicted octanol–water partition coefficient (Wildman–Crippen LogP) is 1.70. The number of carbonyl (C=O) groups is 1. The molecule has 1 heterocycles. The molecule has 4 heteroatoms. The average Bonchev–Trinajstić information content (AvgIpc) is 2.30. The van der Waals surface area contributed by atoms with Crippen LogP contribution in [-0.4, -0.2) is 30.5 Å². The highest BCUT2D eigenvalue weighted by Gasteiger charge is 2.30. The molecule has 1 saturated heterocycles. The zero-order chi connectivity index (χ0) is 11.5. The second-order valence-corrected chi connectivity index (χ2v) is 3.94. The lowest BCUT2D eigenvalue weighted by molar-refractivity contribution is 0.116. The molecule has 86 valence electrons. The molecule has 2 rings (SSSR count). The predicted molar refractivity (Wildman–Crippen MR) is 60.5 cm³/mol. The first-order valence-electron chi connectivity index (χ1n) is 5.36. The zero-order valence-electron chi connectivity index (χ0n) is 9.22. The van der Waals surface area contributed by atoms with Crippen LogP contribution < -0.4 is 4.90 Å².